The van der Waals surface area contributed by atoms with Crippen molar-refractivity contribution in [3.63, 3.8) is 0 Å². The van der Waals surface area contributed by atoms with Gasteiger partial charge in [0.2, 0.25) is 0 Å². The number of imidazole rings is 1. The molecule has 184 valence electrons. The first-order valence-corrected chi connectivity index (χ1v) is 12.6. The zero-order valence-corrected chi connectivity index (χ0v) is 20.4. The molecule has 6 nitrogen and oxygen atoms in total. The number of aromatic nitrogens is 3. The van der Waals surface area contributed by atoms with E-state index < -0.39 is 0 Å². The Balaban J connectivity index is 1.37. The van der Waals surface area contributed by atoms with E-state index in [1.165, 1.54) is 0 Å². The van der Waals surface area contributed by atoms with Crippen LogP contribution in [-0.2, 0) is 19.6 Å². The predicted octanol–water partition coefficient (Wildman–Crippen LogP) is 6.35. The molecule has 0 saturated carbocycles. The molecule has 37 heavy (non-hydrogen) atoms. The van der Waals surface area contributed by atoms with E-state index in [-0.39, 0.29) is 18.5 Å². The van der Waals surface area contributed by atoms with Gasteiger partial charge in [0.25, 0.3) is 0 Å². The monoisotopic (exact) mass is 489 g/mol. The van der Waals surface area contributed by atoms with Gasteiger partial charge in [-0.05, 0) is 48.2 Å². The first-order valence-electron chi connectivity index (χ1n) is 12.6. The zero-order chi connectivity index (χ0) is 25.0. The number of carbonyl (C=O) groups is 1. The third-order valence-corrected chi connectivity index (χ3v) is 6.86. The molecule has 0 N–H and O–H groups in total. The van der Waals surface area contributed by atoms with Crippen LogP contribution in [0.25, 0.3) is 10.9 Å². The van der Waals surface area contributed by atoms with Crippen LogP contribution in [0.2, 0.25) is 0 Å². The second-order valence-electron chi connectivity index (χ2n) is 9.24. The van der Waals surface area contributed by atoms with Gasteiger partial charge in [0, 0.05) is 41.5 Å². The van der Waals surface area contributed by atoms with E-state index >= 15 is 0 Å². The number of Topliss-reactive ketones (excluding diaryl/α,β-unsaturated/α-hetero) is 1. The van der Waals surface area contributed by atoms with Crippen LogP contribution in [0.3, 0.4) is 0 Å². The van der Waals surface area contributed by atoms with Gasteiger partial charge >= 0.3 is 0 Å². The summed E-state index contributed by atoms with van der Waals surface area (Å²) in [5.41, 5.74) is 4.60. The number of nitrogens with zero attached hydrogens (tertiary/aromatic N) is 3. The predicted molar refractivity (Wildman–Crippen MR) is 142 cm³/mol. The third-order valence-electron chi connectivity index (χ3n) is 6.86. The highest BCUT2D eigenvalue weighted by Crippen LogP contribution is 2.35. The van der Waals surface area contributed by atoms with Crippen molar-refractivity contribution >= 4 is 16.7 Å². The van der Waals surface area contributed by atoms with E-state index in [0.717, 1.165) is 51.7 Å². The van der Waals surface area contributed by atoms with E-state index in [1.807, 2.05) is 71.4 Å². The van der Waals surface area contributed by atoms with Gasteiger partial charge in [-0.25, -0.2) is 4.98 Å². The Morgan fingerprint density at radius 3 is 2.65 bits per heavy atom. The number of rotatable bonds is 8. The molecule has 1 unspecified atom stereocenters. The summed E-state index contributed by atoms with van der Waals surface area (Å²) >= 11 is 0. The summed E-state index contributed by atoms with van der Waals surface area (Å²) in [7, 11) is 0. The van der Waals surface area contributed by atoms with Gasteiger partial charge in [0.15, 0.2) is 5.78 Å². The van der Waals surface area contributed by atoms with Crippen molar-refractivity contribution in [1.29, 1.82) is 0 Å². The zero-order valence-electron chi connectivity index (χ0n) is 20.4. The first-order chi connectivity index (χ1) is 18.3. The van der Waals surface area contributed by atoms with Crippen LogP contribution < -0.4 is 9.47 Å². The van der Waals surface area contributed by atoms with Crippen LogP contribution in [-0.4, -0.2) is 20.3 Å². The lowest BCUT2D eigenvalue weighted by atomic mass is 9.87. The smallest absolute Gasteiger partial charge is 0.163 e. The molecule has 6 heteroatoms. The van der Waals surface area contributed by atoms with Crippen molar-refractivity contribution in [3.05, 3.63) is 120 Å². The molecular weight excluding hydrogens is 462 g/mol. The maximum atomic E-state index is 12.8. The quantitative estimate of drug-likeness (QED) is 0.254. The lowest BCUT2D eigenvalue weighted by Crippen LogP contribution is -2.19. The number of hydrogen-bond donors (Lipinski definition) is 0. The standard InChI is InChI=1S/C31H27N3O3/c35-27-12-5-11-24-25(27)14-15-28(26(24)20-36-29-13-4-9-23-10-6-16-33-31(23)29)37-30(19-34-18-17-32-21-34)22-7-2-1-3-8-22/h1-4,6-10,13-18,21,30H,5,11-12,19-20H2. The normalized spacial score (nSPS) is 13.8. The Morgan fingerprint density at radius 1 is 0.892 bits per heavy atom. The summed E-state index contributed by atoms with van der Waals surface area (Å²) in [5, 5.41) is 1.02. The molecule has 2 aromatic heterocycles. The number of benzene rings is 3. The van der Waals surface area contributed by atoms with Crippen LogP contribution in [0.4, 0.5) is 0 Å². The second kappa shape index (κ2) is 10.3. The fraction of sp³-hybridized carbons (Fsp3) is 0.194. The summed E-state index contributed by atoms with van der Waals surface area (Å²) in [5.74, 6) is 1.62. The topological polar surface area (TPSA) is 66.2 Å². The van der Waals surface area contributed by atoms with Gasteiger partial charge in [-0.1, -0.05) is 48.5 Å². The number of fused-ring (bicyclic) bond motifs is 2. The molecule has 0 saturated heterocycles. The van der Waals surface area contributed by atoms with Crippen molar-refractivity contribution in [3.8, 4) is 11.5 Å². The minimum absolute atomic E-state index is 0.180. The fourth-order valence-electron chi connectivity index (χ4n) is 5.01. The highest BCUT2D eigenvalue weighted by Gasteiger charge is 2.25. The van der Waals surface area contributed by atoms with Crippen molar-refractivity contribution in [2.24, 2.45) is 0 Å². The van der Waals surface area contributed by atoms with Crippen LogP contribution >= 0.6 is 0 Å². The number of carbonyl (C=O) groups excluding carboxylic acids is 1. The Hall–Kier alpha value is -4.45. The van der Waals surface area contributed by atoms with Gasteiger partial charge < -0.3 is 14.0 Å². The van der Waals surface area contributed by atoms with Crippen LogP contribution in [0.5, 0.6) is 11.5 Å². The van der Waals surface area contributed by atoms with Crippen molar-refractivity contribution < 1.29 is 14.3 Å². The molecule has 6 rings (SSSR count). The van der Waals surface area contributed by atoms with Gasteiger partial charge in [-0.2, -0.15) is 0 Å². The first kappa shape index (κ1) is 23.0. The van der Waals surface area contributed by atoms with E-state index in [0.29, 0.717) is 18.7 Å². The van der Waals surface area contributed by atoms with Crippen LogP contribution in [0.15, 0.2) is 97.7 Å². The number of ketones is 1. The molecule has 0 aliphatic heterocycles. The Bertz CT molecular complexity index is 1530. The second-order valence-corrected chi connectivity index (χ2v) is 9.24. The van der Waals surface area contributed by atoms with Gasteiger partial charge in [-0.15, -0.1) is 0 Å². The number of ether oxygens (including phenoxy) is 2. The van der Waals surface area contributed by atoms with E-state index in [4.69, 9.17) is 9.47 Å². The molecule has 0 amide bonds. The molecule has 0 radical (unpaired) electrons. The molecule has 1 atom stereocenters. The minimum atomic E-state index is -0.245. The molecule has 1 aliphatic rings. The molecule has 2 heterocycles. The summed E-state index contributed by atoms with van der Waals surface area (Å²) < 4.78 is 15.1. The summed E-state index contributed by atoms with van der Waals surface area (Å²) in [6.07, 6.45) is 9.25. The minimum Gasteiger partial charge on any atom is -0.486 e. The summed E-state index contributed by atoms with van der Waals surface area (Å²) in [6.45, 7) is 0.891. The average Bonchev–Trinajstić information content (AvgIpc) is 3.46. The van der Waals surface area contributed by atoms with Gasteiger partial charge in [0.05, 0.1) is 12.9 Å². The highest BCUT2D eigenvalue weighted by atomic mass is 16.5. The Labute approximate surface area is 215 Å². The lowest BCUT2D eigenvalue weighted by Gasteiger charge is -2.26. The molecule has 0 bridgehead atoms. The lowest BCUT2D eigenvalue weighted by molar-refractivity contribution is 0.0971. The van der Waals surface area contributed by atoms with Crippen LogP contribution in [0.1, 0.15) is 46.0 Å². The SMILES string of the molecule is O=C1CCCc2c1ccc(OC(Cn1ccnc1)c1ccccc1)c2COc1cccc2cccnc12. The van der Waals surface area contributed by atoms with Crippen molar-refractivity contribution in [2.45, 2.75) is 38.5 Å². The van der Waals surface area contributed by atoms with Crippen molar-refractivity contribution in [2.75, 3.05) is 0 Å². The third kappa shape index (κ3) is 4.83. The van der Waals surface area contributed by atoms with Gasteiger partial charge in [0.1, 0.15) is 29.7 Å². The number of para-hydroxylation sites is 1. The van der Waals surface area contributed by atoms with Crippen LogP contribution in [0, 0.1) is 0 Å². The Morgan fingerprint density at radius 2 is 1.78 bits per heavy atom. The molecule has 0 spiro atoms. The van der Waals surface area contributed by atoms with E-state index in [2.05, 4.69) is 22.1 Å². The molecule has 5 aromatic rings. The molecule has 1 aliphatic carbocycles. The van der Waals surface area contributed by atoms with E-state index in [9.17, 15) is 4.79 Å². The van der Waals surface area contributed by atoms with E-state index in [1.54, 1.807) is 18.7 Å². The number of pyridine rings is 1. The summed E-state index contributed by atoms with van der Waals surface area (Å²) in [4.78, 5) is 21.5. The highest BCUT2D eigenvalue weighted by molar-refractivity contribution is 5.99. The maximum Gasteiger partial charge on any atom is 0.163 e. The maximum absolute atomic E-state index is 12.8. The number of hydrogen-bond acceptors (Lipinski definition) is 5. The summed E-state index contributed by atoms with van der Waals surface area (Å²) in [6, 6.07) is 23.9. The largest absolute Gasteiger partial charge is 0.486 e. The Kier molecular flexibility index (Phi) is 6.38. The molecule has 0 fully saturated rings. The van der Waals surface area contributed by atoms with Gasteiger partial charge in [-0.3, -0.25) is 9.78 Å². The average molecular weight is 490 g/mol. The molecular formula is C31H27N3O3. The van der Waals surface area contributed by atoms with Crippen molar-refractivity contribution in [1.82, 2.24) is 14.5 Å². The fourth-order valence-corrected chi connectivity index (χ4v) is 5.01. The molecule has 3 aromatic carbocycles.